The second-order valence-corrected chi connectivity index (χ2v) is 7.89. The van der Waals surface area contributed by atoms with Gasteiger partial charge in [-0.25, -0.2) is 4.39 Å². The molecule has 9 nitrogen and oxygen atoms in total. The Morgan fingerprint density at radius 2 is 1.75 bits per heavy atom. The van der Waals surface area contributed by atoms with Crippen molar-refractivity contribution >= 4 is 11.8 Å². The number of hydrogen-bond donors (Lipinski definition) is 4. The molecule has 0 aliphatic heterocycles. The predicted molar refractivity (Wildman–Crippen MR) is 136 cm³/mol. The van der Waals surface area contributed by atoms with Gasteiger partial charge < -0.3 is 29.5 Å². The van der Waals surface area contributed by atoms with Crippen molar-refractivity contribution in [1.82, 2.24) is 10.5 Å². The van der Waals surface area contributed by atoms with Crippen LogP contribution in [0.15, 0.2) is 64.1 Å². The Labute approximate surface area is 210 Å². The van der Waals surface area contributed by atoms with E-state index in [1.807, 2.05) is 37.3 Å². The lowest BCUT2D eigenvalue weighted by molar-refractivity contribution is 0.0955. The molecule has 1 aromatic heterocycles. The molecule has 0 spiro atoms. The molecule has 10 heteroatoms. The molecule has 3 rings (SSSR count). The van der Waals surface area contributed by atoms with Crippen molar-refractivity contribution in [3.05, 3.63) is 71.7 Å². The van der Waals surface area contributed by atoms with Crippen molar-refractivity contribution in [2.45, 2.75) is 12.8 Å². The SMILES string of the molecule is CC(c1ccc(-c2ccccc2F)cc1)c1cc(N/C(=N/CCOCCO)NCCOCCO)on1. The molecule has 0 fully saturated rings. The van der Waals surface area contributed by atoms with Crippen molar-refractivity contribution in [2.75, 3.05) is 58.0 Å². The quantitative estimate of drug-likeness (QED) is 0.151. The summed E-state index contributed by atoms with van der Waals surface area (Å²) in [6.07, 6.45) is 0. The van der Waals surface area contributed by atoms with Crippen molar-refractivity contribution in [1.29, 1.82) is 0 Å². The van der Waals surface area contributed by atoms with Crippen molar-refractivity contribution in [3.8, 4) is 11.1 Å². The molecule has 0 bridgehead atoms. The summed E-state index contributed by atoms with van der Waals surface area (Å²) >= 11 is 0. The summed E-state index contributed by atoms with van der Waals surface area (Å²) in [5, 5.41) is 28.0. The Hall–Kier alpha value is -3.31. The molecular formula is C26H33FN4O5. The summed E-state index contributed by atoms with van der Waals surface area (Å²) in [5.74, 6) is 0.570. The third kappa shape index (κ3) is 8.42. The van der Waals surface area contributed by atoms with Crippen LogP contribution in [0.1, 0.15) is 24.1 Å². The number of aliphatic hydroxyl groups is 2. The Bertz CT molecular complexity index is 1070. The smallest absolute Gasteiger partial charge is 0.231 e. The van der Waals surface area contributed by atoms with Gasteiger partial charge in [0.05, 0.1) is 51.9 Å². The van der Waals surface area contributed by atoms with E-state index in [-0.39, 0.29) is 38.2 Å². The Morgan fingerprint density at radius 1 is 1.03 bits per heavy atom. The summed E-state index contributed by atoms with van der Waals surface area (Å²) in [7, 11) is 0. The first-order valence-electron chi connectivity index (χ1n) is 11.9. The number of aliphatic hydroxyl groups excluding tert-OH is 2. The lowest BCUT2D eigenvalue weighted by atomic mass is 9.95. The number of aliphatic imine (C=N–C) groups is 1. The van der Waals surface area contributed by atoms with E-state index in [1.54, 1.807) is 18.2 Å². The van der Waals surface area contributed by atoms with Crippen LogP contribution in [0.2, 0.25) is 0 Å². The molecule has 2 aromatic carbocycles. The van der Waals surface area contributed by atoms with Crippen LogP contribution in [0, 0.1) is 5.82 Å². The van der Waals surface area contributed by atoms with E-state index in [9.17, 15) is 4.39 Å². The number of benzene rings is 2. The van der Waals surface area contributed by atoms with Gasteiger partial charge in [0.1, 0.15) is 5.82 Å². The predicted octanol–water partition coefficient (Wildman–Crippen LogP) is 3.01. The second-order valence-electron chi connectivity index (χ2n) is 7.89. The number of ether oxygens (including phenoxy) is 2. The highest BCUT2D eigenvalue weighted by atomic mass is 19.1. The molecule has 4 N–H and O–H groups in total. The molecule has 1 heterocycles. The fourth-order valence-electron chi connectivity index (χ4n) is 3.42. The van der Waals surface area contributed by atoms with Crippen LogP contribution in [0.3, 0.4) is 0 Å². The van der Waals surface area contributed by atoms with E-state index >= 15 is 0 Å². The number of guanidine groups is 1. The molecular weight excluding hydrogens is 467 g/mol. The van der Waals surface area contributed by atoms with Crippen LogP contribution in [0.5, 0.6) is 0 Å². The summed E-state index contributed by atoms with van der Waals surface area (Å²) < 4.78 is 30.1. The van der Waals surface area contributed by atoms with Gasteiger partial charge in [0.25, 0.3) is 0 Å². The maximum atomic E-state index is 14.1. The summed E-state index contributed by atoms with van der Waals surface area (Å²) in [6.45, 7) is 4.05. The maximum Gasteiger partial charge on any atom is 0.231 e. The fraction of sp³-hybridized carbons (Fsp3) is 0.385. The van der Waals surface area contributed by atoms with Crippen molar-refractivity contribution < 1.29 is 28.6 Å². The number of halogens is 1. The van der Waals surface area contributed by atoms with E-state index in [0.29, 0.717) is 43.7 Å². The van der Waals surface area contributed by atoms with Crippen LogP contribution >= 0.6 is 0 Å². The number of hydrogen-bond acceptors (Lipinski definition) is 7. The molecule has 3 aromatic rings. The standard InChI is InChI=1S/C26H33FN4O5/c1-19(20-6-8-21(9-7-20)22-4-2-3-5-23(22)27)24-18-25(36-31-24)30-26(28-10-14-34-16-12-32)29-11-15-35-17-13-33/h2-9,18-19,32-33H,10-17H2,1H3,(H2,28,29,30). The zero-order valence-corrected chi connectivity index (χ0v) is 20.3. The van der Waals surface area contributed by atoms with Crippen molar-refractivity contribution in [3.63, 3.8) is 0 Å². The summed E-state index contributed by atoms with van der Waals surface area (Å²) in [4.78, 5) is 4.43. The largest absolute Gasteiger partial charge is 0.394 e. The number of rotatable bonds is 14. The first-order valence-corrected chi connectivity index (χ1v) is 11.9. The summed E-state index contributed by atoms with van der Waals surface area (Å²) in [6, 6.07) is 16.2. The zero-order valence-electron chi connectivity index (χ0n) is 20.3. The Balaban J connectivity index is 1.62. The minimum Gasteiger partial charge on any atom is -0.394 e. The van der Waals surface area contributed by atoms with Crippen molar-refractivity contribution in [2.24, 2.45) is 4.99 Å². The number of aromatic nitrogens is 1. The van der Waals surface area contributed by atoms with E-state index in [2.05, 4.69) is 20.8 Å². The van der Waals surface area contributed by atoms with Gasteiger partial charge in [-0.1, -0.05) is 54.5 Å². The summed E-state index contributed by atoms with van der Waals surface area (Å²) in [5.41, 5.74) is 3.12. The van der Waals surface area contributed by atoms with Gasteiger partial charge in [-0.2, -0.15) is 0 Å². The van der Waals surface area contributed by atoms with Crippen LogP contribution < -0.4 is 10.6 Å². The van der Waals surface area contributed by atoms with Crippen LogP contribution in [-0.2, 0) is 9.47 Å². The van der Waals surface area contributed by atoms with Crippen LogP contribution in [-0.4, -0.2) is 74.1 Å². The second kappa shape index (κ2) is 14.9. The van der Waals surface area contributed by atoms with Crippen LogP contribution in [0.4, 0.5) is 10.3 Å². The molecule has 194 valence electrons. The minimum absolute atomic E-state index is 0.0354. The number of anilines is 1. The average molecular weight is 501 g/mol. The Kier molecular flexibility index (Phi) is 11.3. The highest BCUT2D eigenvalue weighted by molar-refractivity contribution is 5.92. The minimum atomic E-state index is -0.253. The molecule has 0 saturated heterocycles. The lowest BCUT2D eigenvalue weighted by Crippen LogP contribution is -2.34. The zero-order chi connectivity index (χ0) is 25.6. The highest BCUT2D eigenvalue weighted by Crippen LogP contribution is 2.28. The van der Waals surface area contributed by atoms with Gasteiger partial charge in [0.2, 0.25) is 5.88 Å². The first kappa shape index (κ1) is 27.3. The van der Waals surface area contributed by atoms with Gasteiger partial charge in [-0.15, -0.1) is 0 Å². The van der Waals surface area contributed by atoms with E-state index in [1.165, 1.54) is 6.07 Å². The highest BCUT2D eigenvalue weighted by Gasteiger charge is 2.15. The topological polar surface area (TPSA) is 121 Å². The third-order valence-corrected chi connectivity index (χ3v) is 5.32. The normalized spacial score (nSPS) is 12.5. The average Bonchev–Trinajstić information content (AvgIpc) is 3.36. The Morgan fingerprint density at radius 3 is 2.47 bits per heavy atom. The van der Waals surface area contributed by atoms with Gasteiger partial charge in [-0.3, -0.25) is 10.3 Å². The number of nitrogens with zero attached hydrogens (tertiary/aromatic N) is 2. The molecule has 1 unspecified atom stereocenters. The van der Waals surface area contributed by atoms with E-state index in [4.69, 9.17) is 24.2 Å². The van der Waals surface area contributed by atoms with Gasteiger partial charge in [0.15, 0.2) is 5.96 Å². The van der Waals surface area contributed by atoms with E-state index < -0.39 is 0 Å². The molecule has 0 saturated carbocycles. The third-order valence-electron chi connectivity index (χ3n) is 5.32. The monoisotopic (exact) mass is 500 g/mol. The lowest BCUT2D eigenvalue weighted by Gasteiger charge is -2.11. The maximum absolute atomic E-state index is 14.1. The fourth-order valence-corrected chi connectivity index (χ4v) is 3.42. The molecule has 1 atom stereocenters. The van der Waals surface area contributed by atoms with Crippen LogP contribution in [0.25, 0.3) is 11.1 Å². The van der Waals surface area contributed by atoms with E-state index in [0.717, 1.165) is 16.8 Å². The van der Waals surface area contributed by atoms with Gasteiger partial charge in [-0.05, 0) is 17.2 Å². The van der Waals surface area contributed by atoms with Gasteiger partial charge in [0, 0.05) is 24.1 Å². The molecule has 0 amide bonds. The molecule has 0 radical (unpaired) electrons. The van der Waals surface area contributed by atoms with Gasteiger partial charge >= 0.3 is 0 Å². The number of nitrogens with one attached hydrogen (secondary N) is 2. The molecule has 0 aliphatic carbocycles. The molecule has 0 aliphatic rings. The molecule has 36 heavy (non-hydrogen) atoms. The first-order chi connectivity index (χ1) is 17.6.